The predicted octanol–water partition coefficient (Wildman–Crippen LogP) is 2.50. The second-order valence-corrected chi connectivity index (χ2v) is 7.27. The van der Waals surface area contributed by atoms with E-state index in [1.807, 2.05) is 30.3 Å². The van der Waals surface area contributed by atoms with Crippen molar-refractivity contribution in [3.8, 4) is 11.5 Å². The quantitative estimate of drug-likeness (QED) is 0.417. The molecule has 34 heavy (non-hydrogen) atoms. The molecule has 0 bridgehead atoms. The number of carbonyl (C=O) groups excluding carboxylic acids is 3. The second kappa shape index (κ2) is 12.1. The highest BCUT2D eigenvalue weighted by molar-refractivity contribution is 5.94. The van der Waals surface area contributed by atoms with E-state index in [0.29, 0.717) is 11.5 Å². The Balaban J connectivity index is 1.56. The van der Waals surface area contributed by atoms with Crippen LogP contribution in [-0.2, 0) is 27.3 Å². The van der Waals surface area contributed by atoms with Gasteiger partial charge in [-0.15, -0.1) is 0 Å². The van der Waals surface area contributed by atoms with E-state index in [0.717, 1.165) is 11.1 Å². The maximum atomic E-state index is 12.7. The molecule has 0 fully saturated rings. The molecule has 0 unspecified atom stereocenters. The average Bonchev–Trinajstić information content (AvgIpc) is 3.41. The van der Waals surface area contributed by atoms with E-state index < -0.39 is 30.4 Å². The highest BCUT2D eigenvalue weighted by Gasteiger charge is 2.25. The molecule has 1 atom stereocenters. The molecule has 0 radical (unpaired) electrons. The monoisotopic (exact) mass is 466 g/mol. The van der Waals surface area contributed by atoms with Crippen LogP contribution in [0.4, 0.5) is 0 Å². The fraction of sp³-hybridized carbons (Fsp3) is 0.240. The van der Waals surface area contributed by atoms with Crippen LogP contribution >= 0.6 is 0 Å². The zero-order valence-electron chi connectivity index (χ0n) is 18.9. The van der Waals surface area contributed by atoms with Gasteiger partial charge in [0, 0.05) is 13.0 Å². The number of amides is 2. The smallest absolute Gasteiger partial charge is 0.329 e. The number of nitrogens with one attached hydrogen (secondary N) is 2. The number of rotatable bonds is 11. The van der Waals surface area contributed by atoms with Crippen molar-refractivity contribution in [1.29, 1.82) is 0 Å². The van der Waals surface area contributed by atoms with Crippen LogP contribution in [0.25, 0.3) is 0 Å². The van der Waals surface area contributed by atoms with Crippen molar-refractivity contribution in [2.24, 2.45) is 0 Å². The van der Waals surface area contributed by atoms with Crippen molar-refractivity contribution >= 4 is 17.8 Å². The number of ether oxygens (including phenoxy) is 3. The van der Waals surface area contributed by atoms with E-state index in [2.05, 4.69) is 10.6 Å². The lowest BCUT2D eigenvalue weighted by Crippen LogP contribution is -2.44. The highest BCUT2D eigenvalue weighted by atomic mass is 16.5. The van der Waals surface area contributed by atoms with E-state index in [4.69, 9.17) is 18.6 Å². The van der Waals surface area contributed by atoms with Crippen LogP contribution in [0.15, 0.2) is 71.3 Å². The van der Waals surface area contributed by atoms with Gasteiger partial charge in [0.15, 0.2) is 23.9 Å². The lowest BCUT2D eigenvalue weighted by atomic mass is 10.1. The average molecular weight is 466 g/mol. The summed E-state index contributed by atoms with van der Waals surface area (Å²) in [7, 11) is 3.06. The minimum Gasteiger partial charge on any atom is -0.493 e. The molecule has 2 aromatic carbocycles. The fourth-order valence-electron chi connectivity index (χ4n) is 3.16. The minimum absolute atomic E-state index is 0.0681. The van der Waals surface area contributed by atoms with Crippen LogP contribution in [0, 0.1) is 0 Å². The van der Waals surface area contributed by atoms with Gasteiger partial charge >= 0.3 is 5.97 Å². The summed E-state index contributed by atoms with van der Waals surface area (Å²) >= 11 is 0. The van der Waals surface area contributed by atoms with Crippen molar-refractivity contribution in [1.82, 2.24) is 10.6 Å². The predicted molar refractivity (Wildman–Crippen MR) is 122 cm³/mol. The minimum atomic E-state index is -1.00. The molecule has 2 N–H and O–H groups in total. The summed E-state index contributed by atoms with van der Waals surface area (Å²) in [5, 5.41) is 5.29. The van der Waals surface area contributed by atoms with Gasteiger partial charge in [0.25, 0.3) is 11.8 Å². The zero-order chi connectivity index (χ0) is 24.3. The molecule has 1 heterocycles. The second-order valence-electron chi connectivity index (χ2n) is 7.27. The van der Waals surface area contributed by atoms with Gasteiger partial charge in [-0.2, -0.15) is 0 Å². The molecule has 0 saturated heterocycles. The van der Waals surface area contributed by atoms with Crippen LogP contribution in [0.5, 0.6) is 11.5 Å². The fourth-order valence-corrected chi connectivity index (χ4v) is 3.16. The molecule has 9 heteroatoms. The van der Waals surface area contributed by atoms with Crippen LogP contribution in [-0.4, -0.2) is 44.7 Å². The largest absolute Gasteiger partial charge is 0.493 e. The van der Waals surface area contributed by atoms with E-state index in [1.54, 1.807) is 24.3 Å². The van der Waals surface area contributed by atoms with Gasteiger partial charge in [0.2, 0.25) is 0 Å². The van der Waals surface area contributed by atoms with Gasteiger partial charge in [-0.25, -0.2) is 4.79 Å². The molecular formula is C25H26N2O7. The molecule has 3 rings (SSSR count). The molecule has 178 valence electrons. The first-order chi connectivity index (χ1) is 16.5. The maximum absolute atomic E-state index is 12.7. The Morgan fingerprint density at radius 3 is 2.35 bits per heavy atom. The topological polar surface area (TPSA) is 116 Å². The van der Waals surface area contributed by atoms with Crippen LogP contribution in [0.3, 0.4) is 0 Å². The van der Waals surface area contributed by atoms with Gasteiger partial charge in [-0.3, -0.25) is 9.59 Å². The summed E-state index contributed by atoms with van der Waals surface area (Å²) in [4.78, 5) is 37.3. The number of benzene rings is 2. The summed E-state index contributed by atoms with van der Waals surface area (Å²) in [5.74, 6) is -0.590. The molecule has 1 aromatic heterocycles. The number of methoxy groups -OCH3 is 2. The summed E-state index contributed by atoms with van der Waals surface area (Å²) in [6, 6.07) is 16.5. The third kappa shape index (κ3) is 6.86. The number of hydrogen-bond donors (Lipinski definition) is 2. The summed E-state index contributed by atoms with van der Waals surface area (Å²) in [6.45, 7) is -0.284. The van der Waals surface area contributed by atoms with E-state index >= 15 is 0 Å². The van der Waals surface area contributed by atoms with Crippen molar-refractivity contribution in [3.05, 3.63) is 83.8 Å². The summed E-state index contributed by atoms with van der Waals surface area (Å²) in [6.07, 6.45) is 1.56. The van der Waals surface area contributed by atoms with Crippen molar-refractivity contribution in [2.75, 3.05) is 20.8 Å². The summed E-state index contributed by atoms with van der Waals surface area (Å²) in [5.41, 5.74) is 1.60. The van der Waals surface area contributed by atoms with Crippen LogP contribution in [0.2, 0.25) is 0 Å². The van der Waals surface area contributed by atoms with Crippen molar-refractivity contribution < 1.29 is 33.0 Å². The Morgan fingerprint density at radius 1 is 0.912 bits per heavy atom. The molecule has 0 saturated carbocycles. The van der Waals surface area contributed by atoms with Gasteiger partial charge in [0.05, 0.1) is 20.5 Å². The molecule has 0 aliphatic carbocycles. The van der Waals surface area contributed by atoms with Crippen LogP contribution in [0.1, 0.15) is 21.7 Å². The summed E-state index contributed by atoms with van der Waals surface area (Å²) < 4.78 is 20.7. The number of furan rings is 1. The Bertz CT molecular complexity index is 1100. The number of hydrogen-bond acceptors (Lipinski definition) is 7. The third-order valence-corrected chi connectivity index (χ3v) is 4.90. The van der Waals surface area contributed by atoms with Gasteiger partial charge in [-0.1, -0.05) is 36.4 Å². The first-order valence-electron chi connectivity index (χ1n) is 10.5. The van der Waals surface area contributed by atoms with Crippen molar-refractivity contribution in [2.45, 2.75) is 19.0 Å². The molecular weight excluding hydrogens is 440 g/mol. The molecule has 0 aliphatic rings. The normalized spacial score (nSPS) is 11.2. The lowest BCUT2D eigenvalue weighted by Gasteiger charge is -2.17. The van der Waals surface area contributed by atoms with Gasteiger partial charge < -0.3 is 29.3 Å². The molecule has 0 spiro atoms. The Morgan fingerprint density at radius 2 is 1.68 bits per heavy atom. The Labute approximate surface area is 197 Å². The molecule has 2 amide bonds. The number of carbonyl (C=O) groups is 3. The zero-order valence-corrected chi connectivity index (χ0v) is 18.9. The van der Waals surface area contributed by atoms with Crippen LogP contribution < -0.4 is 20.1 Å². The van der Waals surface area contributed by atoms with Crippen molar-refractivity contribution in [3.63, 3.8) is 0 Å². The van der Waals surface area contributed by atoms with E-state index in [-0.39, 0.29) is 18.7 Å². The standard InChI is InChI=1S/C25H26N2O7/c1-31-20-11-10-18(14-22(20)32-2)15-26-23(28)16-34-25(30)19(13-17-7-4-3-5-8-17)27-24(29)21-9-6-12-33-21/h3-12,14,19H,13,15-16H2,1-2H3,(H,26,28)(H,27,29)/t19-/m0/s1. The molecule has 3 aromatic rings. The molecule has 9 nitrogen and oxygen atoms in total. The first kappa shape index (κ1) is 24.4. The Kier molecular flexibility index (Phi) is 8.67. The molecule has 0 aliphatic heterocycles. The lowest BCUT2D eigenvalue weighted by molar-refractivity contribution is -0.150. The Hall–Kier alpha value is -4.27. The SMILES string of the molecule is COc1ccc(CNC(=O)COC(=O)[C@H](Cc2ccccc2)NC(=O)c2ccco2)cc1OC. The third-order valence-electron chi connectivity index (χ3n) is 4.90. The van der Waals surface area contributed by atoms with E-state index in [1.165, 1.54) is 26.5 Å². The van der Waals surface area contributed by atoms with Gasteiger partial charge in [0.1, 0.15) is 6.04 Å². The number of esters is 1. The highest BCUT2D eigenvalue weighted by Crippen LogP contribution is 2.27. The van der Waals surface area contributed by atoms with Gasteiger partial charge in [-0.05, 0) is 35.4 Å². The first-order valence-corrected chi connectivity index (χ1v) is 10.5. The maximum Gasteiger partial charge on any atom is 0.329 e. The van der Waals surface area contributed by atoms with E-state index in [9.17, 15) is 14.4 Å².